The smallest absolute Gasteiger partial charge is 0.229 e. The number of alkyl halides is 4. The molecule has 0 aromatic carbocycles. The molecule has 0 aromatic heterocycles. The standard InChI is InChI=1S/C5H11F.CH2F2.CH3F/c1-3-5(2)4-6;2-1-3;1-2/h5H,3-4H2,1-2H3;1H2;1H3. The lowest BCUT2D eigenvalue weighted by Gasteiger charge is -1.95. The Hall–Kier alpha value is -0.280. The van der Waals surface area contributed by atoms with Crippen molar-refractivity contribution in [3.8, 4) is 0 Å². The molecule has 0 rings (SSSR count). The molecule has 1 atom stereocenters. The maximum atomic E-state index is 11.4. The van der Waals surface area contributed by atoms with Crippen molar-refractivity contribution in [2.75, 3.05) is 20.8 Å². The summed E-state index contributed by atoms with van der Waals surface area (Å²) < 4.78 is 40.1. The molecule has 0 aromatic rings. The summed E-state index contributed by atoms with van der Waals surface area (Å²) in [5.74, 6) is 0.269. The van der Waals surface area contributed by atoms with Gasteiger partial charge in [-0.25, -0.2) is 8.78 Å². The molecule has 0 N–H and O–H groups in total. The molecule has 0 saturated heterocycles. The summed E-state index contributed by atoms with van der Waals surface area (Å²) in [5, 5.41) is 0. The van der Waals surface area contributed by atoms with E-state index in [1.54, 1.807) is 0 Å². The molecule has 0 heterocycles. The van der Waals surface area contributed by atoms with Crippen LogP contribution in [0.5, 0.6) is 0 Å². The molecule has 0 aliphatic heterocycles. The molecule has 0 saturated carbocycles. The van der Waals surface area contributed by atoms with Gasteiger partial charge in [-0.3, -0.25) is 8.78 Å². The summed E-state index contributed by atoms with van der Waals surface area (Å²) in [6, 6.07) is 0. The van der Waals surface area contributed by atoms with Crippen molar-refractivity contribution in [2.24, 2.45) is 5.92 Å². The van der Waals surface area contributed by atoms with Gasteiger partial charge in [0.25, 0.3) is 0 Å². The van der Waals surface area contributed by atoms with Crippen LogP contribution in [0.25, 0.3) is 0 Å². The van der Waals surface area contributed by atoms with Crippen LogP contribution in [0.1, 0.15) is 20.3 Å². The van der Waals surface area contributed by atoms with Crippen LogP contribution in [0.2, 0.25) is 0 Å². The third kappa shape index (κ3) is 41.9. The lowest BCUT2D eigenvalue weighted by Crippen LogP contribution is -1.91. The number of halogens is 4. The monoisotopic (exact) mass is 176 g/mol. The highest BCUT2D eigenvalue weighted by Gasteiger charge is 1.92. The van der Waals surface area contributed by atoms with Crippen LogP contribution in [0.3, 0.4) is 0 Å². The predicted molar refractivity (Wildman–Crippen MR) is 39.5 cm³/mol. The van der Waals surface area contributed by atoms with Gasteiger partial charge in [0.2, 0.25) is 6.93 Å². The quantitative estimate of drug-likeness (QED) is 0.565. The van der Waals surface area contributed by atoms with Crippen LogP contribution in [-0.4, -0.2) is 20.8 Å². The van der Waals surface area contributed by atoms with Crippen LogP contribution in [-0.2, 0) is 0 Å². The number of hydrogen-bond donors (Lipinski definition) is 0. The van der Waals surface area contributed by atoms with Crippen LogP contribution in [0, 0.1) is 5.92 Å². The van der Waals surface area contributed by atoms with Crippen molar-refractivity contribution in [3.05, 3.63) is 0 Å². The molecular weight excluding hydrogens is 160 g/mol. The van der Waals surface area contributed by atoms with Gasteiger partial charge in [-0.05, 0) is 5.92 Å². The highest BCUT2D eigenvalue weighted by Crippen LogP contribution is 1.98. The van der Waals surface area contributed by atoms with Crippen molar-refractivity contribution < 1.29 is 17.6 Å². The fourth-order valence-electron chi connectivity index (χ4n) is 0.109. The predicted octanol–water partition coefficient (Wildman–Crippen LogP) is 3.47. The minimum Gasteiger partial charge on any atom is -0.255 e. The number of rotatable bonds is 2. The van der Waals surface area contributed by atoms with Crippen molar-refractivity contribution >= 4 is 0 Å². The van der Waals surface area contributed by atoms with Gasteiger partial charge in [0, 0.05) is 0 Å². The molecule has 0 amide bonds. The Morgan fingerprint density at radius 1 is 1.09 bits per heavy atom. The SMILES string of the molecule is CCC(C)CF.CF.FCF. The molecule has 72 valence electrons. The van der Waals surface area contributed by atoms with Gasteiger partial charge in [-0.1, -0.05) is 20.3 Å². The molecule has 0 spiro atoms. The first-order valence-electron chi connectivity index (χ1n) is 3.28. The first-order chi connectivity index (χ1) is 5.22. The zero-order valence-electron chi connectivity index (χ0n) is 7.21. The average molecular weight is 176 g/mol. The van der Waals surface area contributed by atoms with E-state index in [1.807, 2.05) is 13.8 Å². The summed E-state index contributed by atoms with van der Waals surface area (Å²) in [6.45, 7) is 1.97. The van der Waals surface area contributed by atoms with Gasteiger partial charge in [0.15, 0.2) is 0 Å². The first-order valence-corrected chi connectivity index (χ1v) is 3.28. The lowest BCUT2D eigenvalue weighted by atomic mass is 10.1. The Labute approximate surface area is 65.6 Å². The minimum atomic E-state index is -1.75. The highest BCUT2D eigenvalue weighted by atomic mass is 19.3. The Morgan fingerprint density at radius 2 is 1.36 bits per heavy atom. The Bertz CT molecular complexity index is 37.4. The van der Waals surface area contributed by atoms with Crippen LogP contribution in [0.15, 0.2) is 0 Å². The van der Waals surface area contributed by atoms with Gasteiger partial charge >= 0.3 is 0 Å². The average Bonchev–Trinajstić information content (AvgIpc) is 2.08. The normalized spacial score (nSPS) is 10.1. The van der Waals surface area contributed by atoms with E-state index >= 15 is 0 Å². The maximum absolute atomic E-state index is 11.4. The first kappa shape index (κ1) is 17.0. The third-order valence-electron chi connectivity index (χ3n) is 0.960. The Kier molecular flexibility index (Phi) is 34.9. The van der Waals surface area contributed by atoms with Crippen molar-refractivity contribution in [1.29, 1.82) is 0 Å². The Balaban J connectivity index is -0.000000109. The van der Waals surface area contributed by atoms with Gasteiger partial charge in [0.05, 0.1) is 13.9 Å². The van der Waals surface area contributed by atoms with Crippen LogP contribution >= 0.6 is 0 Å². The summed E-state index contributed by atoms with van der Waals surface area (Å²) in [6.07, 6.45) is 0.955. The molecule has 0 aliphatic rings. The van der Waals surface area contributed by atoms with Gasteiger partial charge in [-0.2, -0.15) is 0 Å². The molecule has 1 unspecified atom stereocenters. The van der Waals surface area contributed by atoms with E-state index in [2.05, 4.69) is 0 Å². The van der Waals surface area contributed by atoms with Crippen molar-refractivity contribution in [1.82, 2.24) is 0 Å². The molecule has 0 nitrogen and oxygen atoms in total. The molecule has 0 radical (unpaired) electrons. The second kappa shape index (κ2) is 22.6. The van der Waals surface area contributed by atoms with E-state index in [0.29, 0.717) is 7.18 Å². The van der Waals surface area contributed by atoms with E-state index in [0.717, 1.165) is 6.42 Å². The summed E-state index contributed by atoms with van der Waals surface area (Å²) in [7, 11) is 0.500. The van der Waals surface area contributed by atoms with E-state index in [-0.39, 0.29) is 12.6 Å². The zero-order valence-corrected chi connectivity index (χ0v) is 7.21. The van der Waals surface area contributed by atoms with E-state index in [1.165, 1.54) is 0 Å². The minimum absolute atomic E-state index is 0.170. The zero-order chi connectivity index (χ0) is 9.70. The summed E-state index contributed by atoms with van der Waals surface area (Å²) >= 11 is 0. The third-order valence-corrected chi connectivity index (χ3v) is 0.960. The molecule has 0 bridgehead atoms. The molecule has 4 heteroatoms. The second-order valence-electron chi connectivity index (χ2n) is 1.77. The van der Waals surface area contributed by atoms with Gasteiger partial charge in [-0.15, -0.1) is 0 Å². The van der Waals surface area contributed by atoms with Crippen molar-refractivity contribution in [3.63, 3.8) is 0 Å². The maximum Gasteiger partial charge on any atom is 0.229 e. The van der Waals surface area contributed by atoms with Crippen molar-refractivity contribution in [2.45, 2.75) is 20.3 Å². The van der Waals surface area contributed by atoms with Crippen LogP contribution in [0.4, 0.5) is 17.6 Å². The second-order valence-corrected chi connectivity index (χ2v) is 1.77. The van der Waals surface area contributed by atoms with E-state index in [9.17, 15) is 17.6 Å². The topological polar surface area (TPSA) is 0 Å². The van der Waals surface area contributed by atoms with E-state index in [4.69, 9.17) is 0 Å². The molecule has 0 aliphatic carbocycles. The molecular formula is C7H16F4. The fourth-order valence-corrected chi connectivity index (χ4v) is 0.109. The van der Waals surface area contributed by atoms with Gasteiger partial charge < -0.3 is 0 Å². The molecule has 0 fully saturated rings. The van der Waals surface area contributed by atoms with E-state index < -0.39 is 6.93 Å². The lowest BCUT2D eigenvalue weighted by molar-refractivity contribution is 0.295. The number of hydrogen-bond acceptors (Lipinski definition) is 0. The Morgan fingerprint density at radius 3 is 1.36 bits per heavy atom. The summed E-state index contributed by atoms with van der Waals surface area (Å²) in [4.78, 5) is 0. The highest BCUT2D eigenvalue weighted by molar-refractivity contribution is 4.42. The summed E-state index contributed by atoms with van der Waals surface area (Å²) in [5.41, 5.74) is 0. The fraction of sp³-hybridized carbons (Fsp3) is 1.00. The van der Waals surface area contributed by atoms with Gasteiger partial charge in [0.1, 0.15) is 0 Å². The van der Waals surface area contributed by atoms with Crippen LogP contribution < -0.4 is 0 Å². The molecule has 11 heavy (non-hydrogen) atoms. The largest absolute Gasteiger partial charge is 0.255 e.